The number of aromatic hydroxyl groups is 1. The molecule has 6 nitrogen and oxygen atoms in total. The van der Waals surface area contributed by atoms with Crippen molar-refractivity contribution in [3.05, 3.63) is 65.2 Å². The van der Waals surface area contributed by atoms with Gasteiger partial charge < -0.3 is 14.7 Å². The molecule has 2 heterocycles. The Bertz CT molecular complexity index is 884. The highest BCUT2D eigenvalue weighted by atomic mass is 16.5. The Morgan fingerprint density at radius 2 is 1.77 bits per heavy atom. The van der Waals surface area contributed by atoms with Crippen LogP contribution in [0.15, 0.2) is 48.5 Å². The van der Waals surface area contributed by atoms with Crippen molar-refractivity contribution in [1.29, 1.82) is 0 Å². The predicted molar refractivity (Wildman–Crippen MR) is 116 cm³/mol. The fourth-order valence-electron chi connectivity index (χ4n) is 4.68. The molecule has 2 aromatic rings. The second kappa shape index (κ2) is 8.76. The fourth-order valence-corrected chi connectivity index (χ4v) is 4.68. The summed E-state index contributed by atoms with van der Waals surface area (Å²) in [6.45, 7) is 7.38. The Labute approximate surface area is 178 Å². The van der Waals surface area contributed by atoms with Crippen molar-refractivity contribution in [2.45, 2.75) is 51.4 Å². The van der Waals surface area contributed by atoms with E-state index in [0.717, 1.165) is 17.5 Å². The average molecular weight is 410 g/mol. The van der Waals surface area contributed by atoms with Gasteiger partial charge in [-0.2, -0.15) is 0 Å². The molecule has 1 amide bonds. The zero-order valence-corrected chi connectivity index (χ0v) is 17.8. The van der Waals surface area contributed by atoms with Crippen molar-refractivity contribution in [1.82, 2.24) is 15.8 Å². The van der Waals surface area contributed by atoms with Gasteiger partial charge in [0.2, 0.25) is 5.91 Å². The van der Waals surface area contributed by atoms with Crippen LogP contribution in [0, 0.1) is 12.8 Å². The number of carbonyl (C=O) groups excluding carboxylic acids is 1. The van der Waals surface area contributed by atoms with Crippen LogP contribution in [0.4, 0.5) is 0 Å². The first-order valence-electron chi connectivity index (χ1n) is 10.7. The number of rotatable bonds is 7. The molecular formula is C24H31N3O3. The minimum atomic E-state index is -0.327. The quantitative estimate of drug-likeness (QED) is 0.613. The summed E-state index contributed by atoms with van der Waals surface area (Å²) >= 11 is 0. The number of phenolic OH excluding ortho intramolecular Hbond substituents is 1. The Kier molecular flexibility index (Phi) is 6.09. The summed E-state index contributed by atoms with van der Waals surface area (Å²) in [5.41, 5.74) is 9.61. The summed E-state index contributed by atoms with van der Waals surface area (Å²) in [6, 6.07) is 15.2. The van der Waals surface area contributed by atoms with E-state index in [4.69, 9.17) is 4.74 Å². The van der Waals surface area contributed by atoms with E-state index < -0.39 is 0 Å². The van der Waals surface area contributed by atoms with Crippen LogP contribution in [0.2, 0.25) is 0 Å². The Morgan fingerprint density at radius 3 is 2.47 bits per heavy atom. The van der Waals surface area contributed by atoms with Gasteiger partial charge in [0.05, 0.1) is 18.2 Å². The molecule has 3 N–H and O–H groups in total. The van der Waals surface area contributed by atoms with Crippen molar-refractivity contribution in [3.8, 4) is 5.75 Å². The van der Waals surface area contributed by atoms with Crippen LogP contribution in [0.3, 0.4) is 0 Å². The first-order chi connectivity index (χ1) is 14.5. The first-order valence-corrected chi connectivity index (χ1v) is 10.7. The molecule has 2 aliphatic heterocycles. The highest BCUT2D eigenvalue weighted by molar-refractivity contribution is 5.86. The molecule has 2 saturated heterocycles. The molecule has 0 aliphatic carbocycles. The maximum Gasteiger partial charge on any atom is 0.242 e. The van der Waals surface area contributed by atoms with Crippen molar-refractivity contribution < 1.29 is 14.6 Å². The number of nitrogens with zero attached hydrogens (tertiary/aromatic N) is 1. The topological polar surface area (TPSA) is 73.8 Å². The predicted octanol–water partition coefficient (Wildman–Crippen LogP) is 3.23. The Balaban J connectivity index is 1.65. The van der Waals surface area contributed by atoms with Gasteiger partial charge in [0, 0.05) is 24.6 Å². The van der Waals surface area contributed by atoms with Crippen LogP contribution in [-0.4, -0.2) is 41.2 Å². The number of hydrogen-bond donors (Lipinski definition) is 3. The van der Waals surface area contributed by atoms with Crippen LogP contribution >= 0.6 is 0 Å². The normalized spacial score (nSPS) is 25.9. The van der Waals surface area contributed by atoms with Crippen LogP contribution in [0.25, 0.3) is 0 Å². The molecule has 0 aromatic heterocycles. The molecule has 0 saturated carbocycles. The van der Waals surface area contributed by atoms with E-state index in [1.165, 1.54) is 5.56 Å². The summed E-state index contributed by atoms with van der Waals surface area (Å²) in [5.74, 6) is 0.316. The average Bonchev–Trinajstić information content (AvgIpc) is 3.26. The summed E-state index contributed by atoms with van der Waals surface area (Å²) in [6.07, 6.45) is 0.975. The van der Waals surface area contributed by atoms with Gasteiger partial charge in [0.1, 0.15) is 11.8 Å². The SMILES string of the molecule is Cc1ccc(C2C3C(NNC3c3ccccc3O)C(=O)N2CCCOC(C)C)cc1. The number of likely N-dealkylation sites (tertiary alicyclic amines) is 1. The van der Waals surface area contributed by atoms with Gasteiger partial charge in [0.25, 0.3) is 0 Å². The van der Waals surface area contributed by atoms with Gasteiger partial charge >= 0.3 is 0 Å². The fraction of sp³-hybridized carbons (Fsp3) is 0.458. The second-order valence-electron chi connectivity index (χ2n) is 8.54. The highest BCUT2D eigenvalue weighted by Crippen LogP contribution is 2.48. The highest BCUT2D eigenvalue weighted by Gasteiger charge is 2.55. The lowest BCUT2D eigenvalue weighted by atomic mass is 9.83. The first kappa shape index (κ1) is 20.8. The standard InChI is InChI=1S/C24H31N3O3/c1-15(2)30-14-6-13-27-23(17-11-9-16(3)10-12-17)20-21(25-26-22(20)24(27)29)18-7-4-5-8-19(18)28/h4-5,7-12,15,20-23,25-26,28H,6,13-14H2,1-3H3. The molecule has 0 radical (unpaired) electrons. The number of fused-ring (bicyclic) bond motifs is 1. The van der Waals surface area contributed by atoms with E-state index in [2.05, 4.69) is 42.0 Å². The molecule has 30 heavy (non-hydrogen) atoms. The number of nitrogens with one attached hydrogen (secondary N) is 2. The van der Waals surface area contributed by atoms with Crippen LogP contribution in [0.5, 0.6) is 5.75 Å². The second-order valence-corrected chi connectivity index (χ2v) is 8.54. The van der Waals surface area contributed by atoms with Crippen LogP contribution < -0.4 is 10.9 Å². The van der Waals surface area contributed by atoms with Crippen LogP contribution in [0.1, 0.15) is 49.0 Å². The van der Waals surface area contributed by atoms with E-state index in [1.54, 1.807) is 6.07 Å². The third-order valence-corrected chi connectivity index (χ3v) is 6.10. The van der Waals surface area contributed by atoms with Gasteiger partial charge in [0.15, 0.2) is 0 Å². The van der Waals surface area contributed by atoms with Crippen molar-refractivity contribution in [2.75, 3.05) is 13.2 Å². The number of amides is 1. The van der Waals surface area contributed by atoms with Gasteiger partial charge in [-0.15, -0.1) is 0 Å². The summed E-state index contributed by atoms with van der Waals surface area (Å²) in [7, 11) is 0. The minimum Gasteiger partial charge on any atom is -0.508 e. The lowest BCUT2D eigenvalue weighted by Crippen LogP contribution is -2.41. The number of para-hydroxylation sites is 1. The van der Waals surface area contributed by atoms with Crippen molar-refractivity contribution >= 4 is 5.91 Å². The molecular weight excluding hydrogens is 378 g/mol. The number of phenols is 1. The minimum absolute atomic E-state index is 0.0282. The van der Waals surface area contributed by atoms with Gasteiger partial charge in [-0.1, -0.05) is 48.0 Å². The lowest BCUT2D eigenvalue weighted by molar-refractivity contribution is -0.131. The summed E-state index contributed by atoms with van der Waals surface area (Å²) in [4.78, 5) is 15.3. The molecule has 2 aliphatic rings. The number of hydrogen-bond acceptors (Lipinski definition) is 5. The molecule has 4 rings (SSSR count). The summed E-state index contributed by atoms with van der Waals surface area (Å²) in [5, 5.41) is 10.5. The van der Waals surface area contributed by atoms with E-state index in [0.29, 0.717) is 13.2 Å². The van der Waals surface area contributed by atoms with E-state index in [-0.39, 0.29) is 41.8 Å². The third-order valence-electron chi connectivity index (χ3n) is 6.10. The number of hydrazine groups is 1. The molecule has 0 spiro atoms. The number of aryl methyl sites for hydroxylation is 1. The smallest absolute Gasteiger partial charge is 0.242 e. The van der Waals surface area contributed by atoms with E-state index in [1.807, 2.05) is 36.9 Å². The largest absolute Gasteiger partial charge is 0.508 e. The lowest BCUT2D eigenvalue weighted by Gasteiger charge is -2.31. The zero-order chi connectivity index (χ0) is 21.3. The Morgan fingerprint density at radius 1 is 1.07 bits per heavy atom. The molecule has 4 unspecified atom stereocenters. The van der Waals surface area contributed by atoms with Crippen molar-refractivity contribution in [3.63, 3.8) is 0 Å². The van der Waals surface area contributed by atoms with Crippen LogP contribution in [-0.2, 0) is 9.53 Å². The maximum atomic E-state index is 13.3. The van der Waals surface area contributed by atoms with Gasteiger partial charge in [-0.05, 0) is 38.8 Å². The third kappa shape index (κ3) is 3.95. The number of carbonyl (C=O) groups is 1. The number of ether oxygens (including phenoxy) is 1. The van der Waals surface area contributed by atoms with E-state index in [9.17, 15) is 9.90 Å². The molecule has 160 valence electrons. The molecule has 6 heteroatoms. The van der Waals surface area contributed by atoms with Gasteiger partial charge in [-0.25, -0.2) is 10.9 Å². The molecule has 2 aromatic carbocycles. The van der Waals surface area contributed by atoms with Gasteiger partial charge in [-0.3, -0.25) is 4.79 Å². The number of benzene rings is 2. The molecule has 2 fully saturated rings. The summed E-state index contributed by atoms with van der Waals surface area (Å²) < 4.78 is 5.69. The monoisotopic (exact) mass is 409 g/mol. The Hall–Kier alpha value is -2.41. The van der Waals surface area contributed by atoms with Crippen molar-refractivity contribution in [2.24, 2.45) is 5.92 Å². The molecule has 0 bridgehead atoms. The van der Waals surface area contributed by atoms with E-state index >= 15 is 0 Å². The zero-order valence-electron chi connectivity index (χ0n) is 17.8. The molecule has 4 atom stereocenters. The maximum absolute atomic E-state index is 13.3.